The monoisotopic (exact) mass is 728 g/mol. The first-order valence-corrected chi connectivity index (χ1v) is 17.5. The second-order valence-corrected chi connectivity index (χ2v) is 13.3. The van der Waals surface area contributed by atoms with Crippen LogP contribution >= 0.6 is 0 Å². The first-order chi connectivity index (χ1) is 24.6. The van der Waals surface area contributed by atoms with Crippen LogP contribution in [0, 0.1) is 18.8 Å². The van der Waals surface area contributed by atoms with Gasteiger partial charge in [0, 0.05) is 56.6 Å². The number of ketones is 1. The van der Waals surface area contributed by atoms with Gasteiger partial charge in [0.15, 0.2) is 20.4 Å². The molecule has 10 nitrogen and oxygen atoms in total. The molecule has 1 N–H and O–H groups in total. The first kappa shape index (κ1) is 46.2. The van der Waals surface area contributed by atoms with Gasteiger partial charge in [0.1, 0.15) is 34.5 Å². The Morgan fingerprint density at radius 1 is 0.692 bits per heavy atom. The molecule has 0 spiro atoms. The maximum absolute atomic E-state index is 12.2. The van der Waals surface area contributed by atoms with Gasteiger partial charge < -0.3 is 43.0 Å². The van der Waals surface area contributed by atoms with Gasteiger partial charge in [0.05, 0.1) is 20.3 Å². The van der Waals surface area contributed by atoms with E-state index in [4.69, 9.17) is 37.9 Å². The molecule has 0 aromatic heterocycles. The Balaban J connectivity index is 0.000000520. The minimum Gasteiger partial charge on any atom is -0.496 e. The second-order valence-electron chi connectivity index (χ2n) is 13.3. The van der Waals surface area contributed by atoms with E-state index in [1.54, 1.807) is 55.5 Å². The summed E-state index contributed by atoms with van der Waals surface area (Å²) in [5, 5.41) is 10.2. The van der Waals surface area contributed by atoms with Gasteiger partial charge in [0.2, 0.25) is 0 Å². The summed E-state index contributed by atoms with van der Waals surface area (Å²) in [7, 11) is 7.91. The second kappa shape index (κ2) is 24.4. The Bertz CT molecular complexity index is 1440. The number of hydrogen-bond donors (Lipinski definition) is 1. The van der Waals surface area contributed by atoms with Crippen LogP contribution in [0.25, 0.3) is 0 Å². The molecule has 0 radical (unpaired) electrons. The molecule has 52 heavy (non-hydrogen) atoms. The van der Waals surface area contributed by atoms with Crippen LogP contribution in [0.5, 0.6) is 28.7 Å². The summed E-state index contributed by atoms with van der Waals surface area (Å²) in [6, 6.07) is 5.47. The third-order valence-electron chi connectivity index (χ3n) is 8.49. The Hall–Kier alpha value is -3.83. The Kier molecular flexibility index (Phi) is 21.7. The number of methoxy groups -OCH3 is 5. The Morgan fingerprint density at radius 2 is 1.13 bits per heavy atom. The molecule has 0 bridgehead atoms. The molecule has 0 aliphatic carbocycles. The number of hydrogen-bond acceptors (Lipinski definition) is 10. The zero-order chi connectivity index (χ0) is 39.4. The number of ether oxygens (including phenoxy) is 8. The lowest BCUT2D eigenvalue weighted by Crippen LogP contribution is -2.16. The molecular formula is C42H64O10. The highest BCUT2D eigenvalue weighted by molar-refractivity contribution is 5.79. The number of allylic oxidation sites excluding steroid dienone is 5. The van der Waals surface area contributed by atoms with Crippen molar-refractivity contribution in [1.29, 1.82) is 0 Å². The van der Waals surface area contributed by atoms with E-state index < -0.39 is 6.10 Å². The van der Waals surface area contributed by atoms with E-state index in [0.717, 1.165) is 40.7 Å². The SMILES string of the molecule is C=C(C)C(CC=C(C)C)Cc1c(OCOC)cc(OC)cc1OCOC.COCOc1cc(OC)c(C(C)O)c(C)c1CC(CC=C(C)C)C(C)=O. The predicted octanol–water partition coefficient (Wildman–Crippen LogP) is 8.90. The highest BCUT2D eigenvalue weighted by atomic mass is 16.7. The van der Waals surface area contributed by atoms with Gasteiger partial charge in [-0.25, -0.2) is 0 Å². The highest BCUT2D eigenvalue weighted by Gasteiger charge is 2.24. The molecule has 0 saturated heterocycles. The van der Waals surface area contributed by atoms with E-state index in [2.05, 4.69) is 39.5 Å². The van der Waals surface area contributed by atoms with Gasteiger partial charge in [-0.3, -0.25) is 4.79 Å². The molecular weight excluding hydrogens is 664 g/mol. The summed E-state index contributed by atoms with van der Waals surface area (Å²) in [5.41, 5.74) is 7.05. The van der Waals surface area contributed by atoms with Crippen molar-refractivity contribution in [1.82, 2.24) is 0 Å². The maximum atomic E-state index is 12.2. The van der Waals surface area contributed by atoms with Crippen LogP contribution < -0.4 is 23.7 Å². The van der Waals surface area contributed by atoms with Gasteiger partial charge in [-0.05, 0) is 98.1 Å². The van der Waals surface area contributed by atoms with Gasteiger partial charge in [-0.2, -0.15) is 0 Å². The summed E-state index contributed by atoms with van der Waals surface area (Å²) >= 11 is 0. The fraction of sp³-hybridized carbons (Fsp3) is 0.548. The van der Waals surface area contributed by atoms with Crippen LogP contribution in [0.2, 0.25) is 0 Å². The van der Waals surface area contributed by atoms with Crippen LogP contribution in [-0.4, -0.2) is 66.8 Å². The number of aliphatic hydroxyl groups excluding tert-OH is 1. The summed E-state index contributed by atoms with van der Waals surface area (Å²) in [4.78, 5) is 12.2. The molecule has 0 amide bonds. The predicted molar refractivity (Wildman–Crippen MR) is 207 cm³/mol. The molecule has 0 heterocycles. The van der Waals surface area contributed by atoms with Gasteiger partial charge in [0.25, 0.3) is 0 Å². The lowest BCUT2D eigenvalue weighted by molar-refractivity contribution is -0.120. The minimum atomic E-state index is -0.686. The normalized spacial score (nSPS) is 12.3. The zero-order valence-corrected chi connectivity index (χ0v) is 33.9. The number of rotatable bonds is 22. The fourth-order valence-corrected chi connectivity index (χ4v) is 5.53. The number of Topliss-reactive ketones (excluding diaryl/α,β-unsaturated/α-hetero) is 1. The van der Waals surface area contributed by atoms with Crippen molar-refractivity contribution in [2.45, 2.75) is 87.2 Å². The van der Waals surface area contributed by atoms with Crippen LogP contribution in [0.15, 0.2) is 53.6 Å². The van der Waals surface area contributed by atoms with Crippen LogP contribution in [0.3, 0.4) is 0 Å². The number of benzene rings is 2. The number of carbonyl (C=O) groups excluding carboxylic acids is 1. The molecule has 3 unspecified atom stereocenters. The lowest BCUT2D eigenvalue weighted by Gasteiger charge is -2.23. The van der Waals surface area contributed by atoms with Crippen molar-refractivity contribution in [3.63, 3.8) is 0 Å². The van der Waals surface area contributed by atoms with Gasteiger partial charge in [-0.15, -0.1) is 0 Å². The first-order valence-electron chi connectivity index (χ1n) is 17.5. The Labute approximate surface area is 312 Å². The molecule has 292 valence electrons. The average molecular weight is 729 g/mol. The van der Waals surface area contributed by atoms with E-state index in [9.17, 15) is 9.90 Å². The van der Waals surface area contributed by atoms with Crippen molar-refractivity contribution in [2.24, 2.45) is 11.8 Å². The molecule has 2 rings (SSSR count). The number of aliphatic hydroxyl groups is 1. The fourth-order valence-electron chi connectivity index (χ4n) is 5.53. The van der Waals surface area contributed by atoms with E-state index in [-0.39, 0.29) is 38.0 Å². The molecule has 2 aromatic rings. The van der Waals surface area contributed by atoms with Crippen molar-refractivity contribution >= 4 is 5.78 Å². The topological polar surface area (TPSA) is 111 Å². The quantitative estimate of drug-likeness (QED) is 0.0932. The molecule has 3 atom stereocenters. The van der Waals surface area contributed by atoms with Gasteiger partial charge in [-0.1, -0.05) is 35.5 Å². The van der Waals surface area contributed by atoms with E-state index in [1.807, 2.05) is 32.9 Å². The standard InChI is InChI=1S/2C21H32O5/c1-15(2)8-9-17(16(3)4)10-19-20(25-13-22-5)11-18(24-7)12-21(19)26-14-23-6;1-13(2)8-9-17(15(4)22)10-18-14(3)21(16(5)23)20(25-7)11-19(18)26-12-24-6/h8,11-12,17H,3,9-10,13-14H2,1-2,4-7H3;8,11,16-17,23H,9-10,12H2,1-7H3. The minimum absolute atomic E-state index is 0.0995. The molecule has 0 saturated carbocycles. The summed E-state index contributed by atoms with van der Waals surface area (Å²) < 4.78 is 43.3. The summed E-state index contributed by atoms with van der Waals surface area (Å²) in [6.07, 6.45) is 6.49. The van der Waals surface area contributed by atoms with E-state index >= 15 is 0 Å². The lowest BCUT2D eigenvalue weighted by atomic mass is 9.87. The molecule has 10 heteroatoms. The zero-order valence-electron chi connectivity index (χ0n) is 33.9. The summed E-state index contributed by atoms with van der Waals surface area (Å²) in [6.45, 7) is 20.1. The van der Waals surface area contributed by atoms with Crippen molar-refractivity contribution < 1.29 is 47.8 Å². The van der Waals surface area contributed by atoms with Crippen LogP contribution in [-0.2, 0) is 31.8 Å². The highest BCUT2D eigenvalue weighted by Crippen LogP contribution is 2.40. The third kappa shape index (κ3) is 15.4. The molecule has 0 fully saturated rings. The molecule has 0 aliphatic rings. The van der Waals surface area contributed by atoms with Crippen molar-refractivity contribution in [2.75, 3.05) is 55.9 Å². The smallest absolute Gasteiger partial charge is 0.188 e. The van der Waals surface area contributed by atoms with E-state index in [1.165, 1.54) is 11.1 Å². The van der Waals surface area contributed by atoms with Crippen LogP contribution in [0.1, 0.15) is 89.7 Å². The maximum Gasteiger partial charge on any atom is 0.188 e. The number of carbonyl (C=O) groups is 1. The molecule has 2 aromatic carbocycles. The average Bonchev–Trinajstić information content (AvgIpc) is 3.09. The van der Waals surface area contributed by atoms with Gasteiger partial charge >= 0.3 is 0 Å². The van der Waals surface area contributed by atoms with Crippen molar-refractivity contribution in [3.8, 4) is 28.7 Å². The largest absolute Gasteiger partial charge is 0.496 e. The molecule has 0 aliphatic heterocycles. The van der Waals surface area contributed by atoms with E-state index in [0.29, 0.717) is 41.6 Å². The third-order valence-corrected chi connectivity index (χ3v) is 8.49. The van der Waals surface area contributed by atoms with Crippen molar-refractivity contribution in [3.05, 3.63) is 75.9 Å². The summed E-state index contributed by atoms with van der Waals surface area (Å²) in [5.74, 6) is 3.46. The Morgan fingerprint density at radius 3 is 1.50 bits per heavy atom. The van der Waals surface area contributed by atoms with Crippen LogP contribution in [0.4, 0.5) is 0 Å².